The summed E-state index contributed by atoms with van der Waals surface area (Å²) in [7, 11) is 1.33. The Bertz CT molecular complexity index is 1040. The number of benzene rings is 2. The summed E-state index contributed by atoms with van der Waals surface area (Å²) in [6, 6.07) is 17.1. The van der Waals surface area contributed by atoms with Gasteiger partial charge in [0.2, 0.25) is 0 Å². The second-order valence-corrected chi connectivity index (χ2v) is 7.32. The van der Waals surface area contributed by atoms with E-state index in [2.05, 4.69) is 0 Å². The zero-order chi connectivity index (χ0) is 20.3. The van der Waals surface area contributed by atoms with E-state index >= 15 is 0 Å². The summed E-state index contributed by atoms with van der Waals surface area (Å²) in [6.07, 6.45) is 2.56. The number of hydrogen-bond acceptors (Lipinski definition) is 4. The number of carbonyl (C=O) groups excluding carboxylic acids is 2. The molecule has 0 bridgehead atoms. The Labute approximate surface area is 164 Å². The van der Waals surface area contributed by atoms with Gasteiger partial charge in [0.1, 0.15) is 5.60 Å². The standard InChI is InChI=1S/C23H23NO4/c1-23(2,3)28-22(26)24-19-13-9-8-12-17(19)18(14-15-20(25)27-4)21(24)16-10-6-5-7-11-16/h5-15H,1-4H3/b15-14+. The molecular weight excluding hydrogens is 354 g/mol. The number of nitrogens with zero attached hydrogens (tertiary/aromatic N) is 1. The minimum absolute atomic E-state index is 0.465. The Balaban J connectivity index is 2.33. The number of rotatable bonds is 3. The molecule has 144 valence electrons. The lowest BCUT2D eigenvalue weighted by atomic mass is 10.0. The molecule has 5 nitrogen and oxygen atoms in total. The predicted octanol–water partition coefficient (Wildman–Crippen LogP) is 5.28. The minimum atomic E-state index is -0.640. The lowest BCUT2D eigenvalue weighted by Gasteiger charge is -2.21. The molecule has 0 saturated carbocycles. The van der Waals surface area contributed by atoms with Crippen molar-refractivity contribution in [2.75, 3.05) is 7.11 Å². The predicted molar refractivity (Wildman–Crippen MR) is 110 cm³/mol. The maximum absolute atomic E-state index is 13.1. The average Bonchev–Trinajstić information content (AvgIpc) is 3.00. The number of methoxy groups -OCH3 is 1. The topological polar surface area (TPSA) is 57.5 Å². The average molecular weight is 377 g/mol. The van der Waals surface area contributed by atoms with Crippen LogP contribution in [0, 0.1) is 0 Å². The van der Waals surface area contributed by atoms with Crippen LogP contribution in [0.2, 0.25) is 0 Å². The molecule has 0 aliphatic rings. The third-order valence-electron chi connectivity index (χ3n) is 4.12. The first-order valence-corrected chi connectivity index (χ1v) is 9.00. The quantitative estimate of drug-likeness (QED) is 0.460. The van der Waals surface area contributed by atoms with E-state index in [1.165, 1.54) is 13.2 Å². The van der Waals surface area contributed by atoms with Crippen LogP contribution >= 0.6 is 0 Å². The van der Waals surface area contributed by atoms with Crippen LogP contribution in [0.25, 0.3) is 28.2 Å². The Kier molecular flexibility index (Phi) is 5.36. The number of fused-ring (bicyclic) bond motifs is 1. The molecule has 3 aromatic rings. The van der Waals surface area contributed by atoms with E-state index in [1.807, 2.05) is 75.4 Å². The number of hydrogen-bond donors (Lipinski definition) is 0. The molecule has 0 radical (unpaired) electrons. The fourth-order valence-corrected chi connectivity index (χ4v) is 3.03. The van der Waals surface area contributed by atoms with Crippen LogP contribution < -0.4 is 0 Å². The van der Waals surface area contributed by atoms with E-state index in [4.69, 9.17) is 9.47 Å². The normalized spacial score (nSPS) is 11.7. The molecule has 0 aliphatic heterocycles. The zero-order valence-electron chi connectivity index (χ0n) is 16.4. The SMILES string of the molecule is COC(=O)/C=C/c1c(-c2ccccc2)n(C(=O)OC(C)(C)C)c2ccccc12. The molecule has 0 unspecified atom stereocenters. The lowest BCUT2D eigenvalue weighted by molar-refractivity contribution is -0.134. The molecule has 2 aromatic carbocycles. The van der Waals surface area contributed by atoms with Crippen molar-refractivity contribution in [2.45, 2.75) is 26.4 Å². The van der Waals surface area contributed by atoms with Crippen LogP contribution in [0.4, 0.5) is 4.79 Å². The third-order valence-corrected chi connectivity index (χ3v) is 4.12. The van der Waals surface area contributed by atoms with Gasteiger partial charge in [-0.25, -0.2) is 14.2 Å². The molecule has 0 atom stereocenters. The number of ether oxygens (including phenoxy) is 2. The fourth-order valence-electron chi connectivity index (χ4n) is 3.03. The molecule has 0 fully saturated rings. The van der Waals surface area contributed by atoms with Gasteiger partial charge in [-0.05, 0) is 38.5 Å². The Morgan fingerprint density at radius 1 is 0.964 bits per heavy atom. The minimum Gasteiger partial charge on any atom is -0.466 e. The van der Waals surface area contributed by atoms with Crippen molar-refractivity contribution < 1.29 is 19.1 Å². The highest BCUT2D eigenvalue weighted by Gasteiger charge is 2.25. The van der Waals surface area contributed by atoms with E-state index < -0.39 is 17.7 Å². The van der Waals surface area contributed by atoms with E-state index in [-0.39, 0.29) is 0 Å². The summed E-state index contributed by atoms with van der Waals surface area (Å²) in [5.41, 5.74) is 2.32. The molecule has 0 aliphatic carbocycles. The highest BCUT2D eigenvalue weighted by molar-refractivity contribution is 6.05. The maximum atomic E-state index is 13.1. The van der Waals surface area contributed by atoms with Crippen molar-refractivity contribution in [3.63, 3.8) is 0 Å². The van der Waals surface area contributed by atoms with Crippen molar-refractivity contribution in [2.24, 2.45) is 0 Å². The Morgan fingerprint density at radius 3 is 2.25 bits per heavy atom. The van der Waals surface area contributed by atoms with Gasteiger partial charge in [0.25, 0.3) is 0 Å². The van der Waals surface area contributed by atoms with Crippen LogP contribution in [0.15, 0.2) is 60.7 Å². The fraction of sp³-hybridized carbons (Fsp3) is 0.217. The number of para-hydroxylation sites is 1. The highest BCUT2D eigenvalue weighted by Crippen LogP contribution is 2.35. The van der Waals surface area contributed by atoms with Gasteiger partial charge < -0.3 is 9.47 Å². The van der Waals surface area contributed by atoms with Gasteiger partial charge in [-0.3, -0.25) is 0 Å². The van der Waals surface area contributed by atoms with Crippen molar-refractivity contribution >= 4 is 29.0 Å². The second kappa shape index (κ2) is 7.72. The highest BCUT2D eigenvalue weighted by atomic mass is 16.6. The molecule has 5 heteroatoms. The van der Waals surface area contributed by atoms with E-state index in [0.717, 1.165) is 16.5 Å². The van der Waals surface area contributed by atoms with Crippen LogP contribution in [0.3, 0.4) is 0 Å². The van der Waals surface area contributed by atoms with Gasteiger partial charge in [-0.15, -0.1) is 0 Å². The molecule has 1 heterocycles. The molecule has 0 spiro atoms. The summed E-state index contributed by atoms with van der Waals surface area (Å²) in [4.78, 5) is 24.8. The van der Waals surface area contributed by atoms with Gasteiger partial charge in [-0.1, -0.05) is 48.5 Å². The van der Waals surface area contributed by atoms with Gasteiger partial charge in [-0.2, -0.15) is 0 Å². The van der Waals surface area contributed by atoms with Crippen molar-refractivity contribution in [3.05, 3.63) is 66.2 Å². The van der Waals surface area contributed by atoms with Gasteiger partial charge >= 0.3 is 12.1 Å². The van der Waals surface area contributed by atoms with Gasteiger partial charge in [0.15, 0.2) is 0 Å². The van der Waals surface area contributed by atoms with E-state index in [0.29, 0.717) is 11.2 Å². The Morgan fingerprint density at radius 2 is 1.61 bits per heavy atom. The Hall–Kier alpha value is -3.34. The molecule has 3 rings (SSSR count). The van der Waals surface area contributed by atoms with Crippen molar-refractivity contribution in [1.82, 2.24) is 4.57 Å². The van der Waals surface area contributed by atoms with Crippen LogP contribution in [-0.2, 0) is 14.3 Å². The second-order valence-electron chi connectivity index (χ2n) is 7.32. The summed E-state index contributed by atoms with van der Waals surface area (Å²) in [5.74, 6) is -0.465. The molecular formula is C23H23NO4. The zero-order valence-corrected chi connectivity index (χ0v) is 16.4. The molecule has 28 heavy (non-hydrogen) atoms. The van der Waals surface area contributed by atoms with Crippen LogP contribution in [0.1, 0.15) is 26.3 Å². The van der Waals surface area contributed by atoms with Gasteiger partial charge in [0.05, 0.1) is 18.3 Å². The molecule has 0 N–H and O–H groups in total. The molecule has 1 aromatic heterocycles. The smallest absolute Gasteiger partial charge is 0.419 e. The first-order valence-electron chi connectivity index (χ1n) is 9.00. The summed E-state index contributed by atoms with van der Waals surface area (Å²) in [5, 5.41) is 0.840. The number of aromatic nitrogens is 1. The van der Waals surface area contributed by atoms with Crippen LogP contribution in [-0.4, -0.2) is 29.3 Å². The first-order chi connectivity index (χ1) is 13.3. The van der Waals surface area contributed by atoms with E-state index in [1.54, 1.807) is 10.6 Å². The van der Waals surface area contributed by atoms with Crippen molar-refractivity contribution in [3.8, 4) is 11.3 Å². The maximum Gasteiger partial charge on any atom is 0.419 e. The largest absolute Gasteiger partial charge is 0.466 e. The van der Waals surface area contributed by atoms with Crippen LogP contribution in [0.5, 0.6) is 0 Å². The summed E-state index contributed by atoms with van der Waals surface area (Å²) in [6.45, 7) is 5.49. The third kappa shape index (κ3) is 3.98. The number of esters is 1. The van der Waals surface area contributed by atoms with Gasteiger partial charge in [0, 0.05) is 17.0 Å². The lowest BCUT2D eigenvalue weighted by Crippen LogP contribution is -2.27. The first kappa shape index (κ1) is 19.4. The van der Waals surface area contributed by atoms with Crippen molar-refractivity contribution in [1.29, 1.82) is 0 Å². The monoisotopic (exact) mass is 377 g/mol. The molecule has 0 saturated heterocycles. The number of carbonyl (C=O) groups is 2. The molecule has 0 amide bonds. The van der Waals surface area contributed by atoms with E-state index in [9.17, 15) is 9.59 Å². The summed E-state index contributed by atoms with van der Waals surface area (Å²) >= 11 is 0. The summed E-state index contributed by atoms with van der Waals surface area (Å²) < 4.78 is 12.0.